The van der Waals surface area contributed by atoms with Crippen molar-refractivity contribution in [1.82, 2.24) is 20.1 Å². The highest BCUT2D eigenvalue weighted by molar-refractivity contribution is 5.99. The van der Waals surface area contributed by atoms with E-state index in [1.165, 1.54) is 5.56 Å². The van der Waals surface area contributed by atoms with Crippen molar-refractivity contribution >= 4 is 11.8 Å². The van der Waals surface area contributed by atoms with Crippen LogP contribution < -0.4 is 16.1 Å². The molecular weight excluding hydrogens is 440 g/mol. The molecule has 35 heavy (non-hydrogen) atoms. The molecule has 0 spiro atoms. The summed E-state index contributed by atoms with van der Waals surface area (Å²) >= 11 is 0. The van der Waals surface area contributed by atoms with Crippen LogP contribution >= 0.6 is 0 Å². The van der Waals surface area contributed by atoms with Crippen molar-refractivity contribution < 1.29 is 9.59 Å². The quantitative estimate of drug-likeness (QED) is 0.530. The fourth-order valence-corrected chi connectivity index (χ4v) is 4.58. The first-order valence-electron chi connectivity index (χ1n) is 12.2. The van der Waals surface area contributed by atoms with Crippen LogP contribution in [0.1, 0.15) is 57.1 Å². The van der Waals surface area contributed by atoms with Gasteiger partial charge in [-0.05, 0) is 30.4 Å². The summed E-state index contributed by atoms with van der Waals surface area (Å²) in [6.45, 7) is 2.76. The van der Waals surface area contributed by atoms with Crippen molar-refractivity contribution in [2.24, 2.45) is 0 Å². The van der Waals surface area contributed by atoms with Gasteiger partial charge < -0.3 is 15.2 Å². The van der Waals surface area contributed by atoms with E-state index in [1.807, 2.05) is 53.1 Å². The highest BCUT2D eigenvalue weighted by Crippen LogP contribution is 2.34. The maximum Gasteiger partial charge on any atom is 0.257 e. The molecule has 2 aromatic carbocycles. The molecule has 2 amide bonds. The molecule has 7 heteroatoms. The Morgan fingerprint density at radius 3 is 2.11 bits per heavy atom. The number of likely N-dealkylation sites (tertiary alicyclic amines) is 1. The molecule has 180 valence electrons. The second kappa shape index (κ2) is 10.3. The summed E-state index contributed by atoms with van der Waals surface area (Å²) in [6.07, 6.45) is 5.99. The van der Waals surface area contributed by atoms with Crippen LogP contribution in [0.4, 0.5) is 0 Å². The number of hydrogen-bond donors (Lipinski definition) is 2. The number of carbonyl (C=O) groups excluding carboxylic acids is 2. The molecular formula is C28H30N4O3. The number of amides is 2. The van der Waals surface area contributed by atoms with Gasteiger partial charge in [0.05, 0.1) is 0 Å². The first-order valence-corrected chi connectivity index (χ1v) is 12.2. The smallest absolute Gasteiger partial charge is 0.257 e. The molecule has 0 unspecified atom stereocenters. The third-order valence-electron chi connectivity index (χ3n) is 6.66. The summed E-state index contributed by atoms with van der Waals surface area (Å²) in [5.74, 6) is -0.869. The molecule has 0 bridgehead atoms. The molecule has 1 aliphatic carbocycles. The van der Waals surface area contributed by atoms with E-state index >= 15 is 0 Å². The van der Waals surface area contributed by atoms with Crippen LogP contribution in [0.25, 0.3) is 0 Å². The predicted molar refractivity (Wildman–Crippen MR) is 134 cm³/mol. The van der Waals surface area contributed by atoms with Crippen LogP contribution in [0.2, 0.25) is 0 Å². The number of hydrogen-bond acceptors (Lipinski definition) is 4. The summed E-state index contributed by atoms with van der Waals surface area (Å²) < 4.78 is 1.85. The summed E-state index contributed by atoms with van der Waals surface area (Å²) in [7, 11) is 0. The van der Waals surface area contributed by atoms with E-state index in [9.17, 15) is 14.4 Å². The maximum atomic E-state index is 13.2. The Kier molecular flexibility index (Phi) is 6.77. The molecule has 1 atom stereocenters. The summed E-state index contributed by atoms with van der Waals surface area (Å²) in [5.41, 5.74) is 1.70. The molecule has 2 N–H and O–H groups in total. The summed E-state index contributed by atoms with van der Waals surface area (Å²) in [6, 6.07) is 20.0. The van der Waals surface area contributed by atoms with Crippen LogP contribution in [0.15, 0.2) is 77.9 Å². The number of aromatic nitrogens is 1. The topological polar surface area (TPSA) is 83.4 Å². The standard InChI is InChI=1S/C28H30N4O3/c33-26-24(27(34)29-15-20-7-3-1-4-8-20)18-32(23-11-12-23)19-25(26)28(35)30-22-13-14-31(17-22)16-21-9-5-2-6-10-21/h1-10,18-19,22-23H,11-17H2,(H,29,34)(H,30,35)/t22-/m0/s1. The number of rotatable bonds is 8. The van der Waals surface area contributed by atoms with Crippen molar-refractivity contribution in [1.29, 1.82) is 0 Å². The van der Waals surface area contributed by atoms with Crippen LogP contribution in [0, 0.1) is 0 Å². The summed E-state index contributed by atoms with van der Waals surface area (Å²) in [4.78, 5) is 41.6. The van der Waals surface area contributed by atoms with Gasteiger partial charge in [-0.1, -0.05) is 60.7 Å². The third kappa shape index (κ3) is 5.69. The highest BCUT2D eigenvalue weighted by atomic mass is 16.2. The Hall–Kier alpha value is -3.71. The van der Waals surface area contributed by atoms with Gasteiger partial charge in [0, 0.05) is 50.7 Å². The number of pyridine rings is 1. The fraction of sp³-hybridized carbons (Fsp3) is 0.321. The fourth-order valence-electron chi connectivity index (χ4n) is 4.58. The minimum Gasteiger partial charge on any atom is -0.349 e. The predicted octanol–water partition coefficient (Wildman–Crippen LogP) is 3.12. The Bertz CT molecular complexity index is 1250. The maximum absolute atomic E-state index is 13.2. The van der Waals surface area contributed by atoms with E-state index in [0.29, 0.717) is 6.54 Å². The third-order valence-corrected chi connectivity index (χ3v) is 6.66. The van der Waals surface area contributed by atoms with E-state index in [0.717, 1.165) is 44.5 Å². The van der Waals surface area contributed by atoms with E-state index in [4.69, 9.17) is 0 Å². The van der Waals surface area contributed by atoms with Gasteiger partial charge in [0.15, 0.2) is 0 Å². The lowest BCUT2D eigenvalue weighted by Gasteiger charge is -2.17. The van der Waals surface area contributed by atoms with Crippen molar-refractivity contribution in [2.45, 2.75) is 44.4 Å². The van der Waals surface area contributed by atoms with Crippen LogP contribution in [0.3, 0.4) is 0 Å². The number of nitrogens with zero attached hydrogens (tertiary/aromatic N) is 2. The SMILES string of the molecule is O=C(NCc1ccccc1)c1cn(C2CC2)cc(C(=O)N[C@H]2CCN(Cc3ccccc3)C2)c1=O. The zero-order valence-electron chi connectivity index (χ0n) is 19.7. The monoisotopic (exact) mass is 470 g/mol. The largest absolute Gasteiger partial charge is 0.349 e. The number of carbonyl (C=O) groups is 2. The molecule has 3 aromatic rings. The molecule has 2 fully saturated rings. The Balaban J connectivity index is 1.28. The Labute approximate surface area is 204 Å². The molecule has 1 saturated heterocycles. The zero-order valence-corrected chi connectivity index (χ0v) is 19.7. The van der Waals surface area contributed by atoms with Gasteiger partial charge in [0.25, 0.3) is 11.8 Å². The van der Waals surface area contributed by atoms with E-state index in [1.54, 1.807) is 12.4 Å². The van der Waals surface area contributed by atoms with Gasteiger partial charge in [-0.15, -0.1) is 0 Å². The first kappa shape index (κ1) is 23.1. The molecule has 5 rings (SSSR count). The van der Waals surface area contributed by atoms with Crippen molar-refractivity contribution in [2.75, 3.05) is 13.1 Å². The zero-order chi connectivity index (χ0) is 24.2. The Morgan fingerprint density at radius 1 is 0.829 bits per heavy atom. The lowest BCUT2D eigenvalue weighted by atomic mass is 10.1. The Morgan fingerprint density at radius 2 is 1.46 bits per heavy atom. The molecule has 7 nitrogen and oxygen atoms in total. The average Bonchev–Trinajstić information content (AvgIpc) is 3.64. The number of benzene rings is 2. The molecule has 1 saturated carbocycles. The molecule has 2 heterocycles. The van der Waals surface area contributed by atoms with Crippen molar-refractivity contribution in [3.63, 3.8) is 0 Å². The van der Waals surface area contributed by atoms with Crippen LogP contribution in [-0.4, -0.2) is 40.4 Å². The molecule has 1 aliphatic heterocycles. The minimum absolute atomic E-state index is 0.0117. The second-order valence-corrected chi connectivity index (χ2v) is 9.44. The minimum atomic E-state index is -0.524. The van der Waals surface area contributed by atoms with E-state index in [2.05, 4.69) is 27.7 Å². The first-order chi connectivity index (χ1) is 17.1. The van der Waals surface area contributed by atoms with Gasteiger partial charge in [-0.25, -0.2) is 0 Å². The van der Waals surface area contributed by atoms with Gasteiger partial charge in [0.1, 0.15) is 11.1 Å². The highest BCUT2D eigenvalue weighted by Gasteiger charge is 2.29. The molecule has 1 aromatic heterocycles. The van der Waals surface area contributed by atoms with Crippen molar-refractivity contribution in [3.8, 4) is 0 Å². The van der Waals surface area contributed by atoms with Crippen LogP contribution in [-0.2, 0) is 13.1 Å². The second-order valence-electron chi connectivity index (χ2n) is 9.44. The molecule has 0 radical (unpaired) electrons. The molecule has 2 aliphatic rings. The van der Waals surface area contributed by atoms with E-state index < -0.39 is 17.2 Å². The average molecular weight is 471 g/mol. The normalized spacial score (nSPS) is 17.8. The lowest BCUT2D eigenvalue weighted by Crippen LogP contribution is -2.40. The van der Waals surface area contributed by atoms with E-state index in [-0.39, 0.29) is 23.2 Å². The van der Waals surface area contributed by atoms with Gasteiger partial charge in [-0.2, -0.15) is 0 Å². The van der Waals surface area contributed by atoms with Gasteiger partial charge >= 0.3 is 0 Å². The van der Waals surface area contributed by atoms with Gasteiger partial charge in [0.2, 0.25) is 5.43 Å². The summed E-state index contributed by atoms with van der Waals surface area (Å²) in [5, 5.41) is 5.86. The lowest BCUT2D eigenvalue weighted by molar-refractivity contribution is 0.0935. The van der Waals surface area contributed by atoms with Crippen LogP contribution in [0.5, 0.6) is 0 Å². The van der Waals surface area contributed by atoms with Crippen molar-refractivity contribution in [3.05, 3.63) is 106 Å². The number of nitrogens with one attached hydrogen (secondary N) is 2. The van der Waals surface area contributed by atoms with Gasteiger partial charge in [-0.3, -0.25) is 19.3 Å².